The van der Waals surface area contributed by atoms with E-state index >= 15 is 0 Å². The second-order valence-corrected chi connectivity index (χ2v) is 4.48. The molecule has 1 atom stereocenters. The van der Waals surface area contributed by atoms with Crippen LogP contribution in [0.4, 0.5) is 0 Å². The van der Waals surface area contributed by atoms with Crippen LogP contribution in [0.2, 0.25) is 0 Å². The van der Waals surface area contributed by atoms with Crippen molar-refractivity contribution in [3.63, 3.8) is 0 Å². The largest absolute Gasteiger partial charge is 0.390 e. The second-order valence-electron chi connectivity index (χ2n) is 4.48. The molecule has 96 valence electrons. The van der Waals surface area contributed by atoms with Gasteiger partial charge in [-0.2, -0.15) is 0 Å². The summed E-state index contributed by atoms with van der Waals surface area (Å²) in [6.45, 7) is 8.35. The molecule has 1 saturated heterocycles. The zero-order chi connectivity index (χ0) is 12.0. The van der Waals surface area contributed by atoms with Gasteiger partial charge >= 0.3 is 0 Å². The van der Waals surface area contributed by atoms with Crippen molar-refractivity contribution in [2.24, 2.45) is 0 Å². The molecule has 0 amide bonds. The predicted molar refractivity (Wildman–Crippen MR) is 63.6 cm³/mol. The fourth-order valence-electron chi connectivity index (χ4n) is 2.29. The number of methoxy groups -OCH3 is 1. The van der Waals surface area contributed by atoms with E-state index in [0.29, 0.717) is 0 Å². The first kappa shape index (κ1) is 13.9. The Morgan fingerprint density at radius 3 is 2.44 bits per heavy atom. The van der Waals surface area contributed by atoms with Crippen molar-refractivity contribution in [2.75, 3.05) is 40.0 Å². The van der Waals surface area contributed by atoms with E-state index in [4.69, 9.17) is 9.47 Å². The highest BCUT2D eigenvalue weighted by molar-refractivity contribution is 4.91. The van der Waals surface area contributed by atoms with E-state index in [9.17, 15) is 5.11 Å². The van der Waals surface area contributed by atoms with E-state index in [1.807, 2.05) is 13.8 Å². The average Bonchev–Trinajstić information content (AvgIpc) is 2.30. The van der Waals surface area contributed by atoms with E-state index < -0.39 is 6.10 Å². The Kier molecular flexibility index (Phi) is 5.69. The number of hydrogen-bond donors (Lipinski definition) is 1. The van der Waals surface area contributed by atoms with Gasteiger partial charge in [0.25, 0.3) is 0 Å². The Morgan fingerprint density at radius 2 is 2.00 bits per heavy atom. The Morgan fingerprint density at radius 1 is 1.38 bits per heavy atom. The van der Waals surface area contributed by atoms with Crippen LogP contribution in [0.15, 0.2) is 0 Å². The average molecular weight is 231 g/mol. The Hall–Kier alpha value is -0.160. The number of piperidine rings is 1. The van der Waals surface area contributed by atoms with Crippen LogP contribution in [-0.2, 0) is 9.47 Å². The summed E-state index contributed by atoms with van der Waals surface area (Å²) in [6.07, 6.45) is 1.40. The molecule has 0 saturated carbocycles. The Bertz CT molecular complexity index is 189. The number of hydrogen-bond acceptors (Lipinski definition) is 4. The van der Waals surface area contributed by atoms with Crippen molar-refractivity contribution >= 4 is 0 Å². The number of aliphatic hydroxyl groups excluding tert-OH is 1. The molecule has 4 nitrogen and oxygen atoms in total. The van der Waals surface area contributed by atoms with Gasteiger partial charge in [-0.1, -0.05) is 0 Å². The fraction of sp³-hybridized carbons (Fsp3) is 1.00. The van der Waals surface area contributed by atoms with Crippen LogP contribution in [0, 0.1) is 0 Å². The van der Waals surface area contributed by atoms with Gasteiger partial charge in [0, 0.05) is 33.4 Å². The summed E-state index contributed by atoms with van der Waals surface area (Å²) in [7, 11) is 1.70. The smallest absolute Gasteiger partial charge is 0.0957 e. The minimum absolute atomic E-state index is 0.331. The lowest BCUT2D eigenvalue weighted by Gasteiger charge is -2.42. The Labute approximate surface area is 98.5 Å². The molecule has 1 rings (SSSR count). The van der Waals surface area contributed by atoms with Crippen molar-refractivity contribution in [3.05, 3.63) is 0 Å². The molecule has 0 aromatic carbocycles. The summed E-state index contributed by atoms with van der Waals surface area (Å²) in [5.74, 6) is 0. The highest BCUT2D eigenvalue weighted by Crippen LogP contribution is 2.29. The SMILES string of the molecule is CCOCCN1CCC(OC)(C(C)O)CC1. The molecule has 4 heteroatoms. The monoisotopic (exact) mass is 231 g/mol. The van der Waals surface area contributed by atoms with Crippen LogP contribution in [0.1, 0.15) is 26.7 Å². The van der Waals surface area contributed by atoms with E-state index in [-0.39, 0.29) is 5.60 Å². The molecule has 0 aromatic heterocycles. The molecule has 0 aliphatic carbocycles. The van der Waals surface area contributed by atoms with Crippen LogP contribution in [0.25, 0.3) is 0 Å². The highest BCUT2D eigenvalue weighted by Gasteiger charge is 2.38. The molecule has 16 heavy (non-hydrogen) atoms. The summed E-state index contributed by atoms with van der Waals surface area (Å²) >= 11 is 0. The van der Waals surface area contributed by atoms with Gasteiger partial charge in [0.1, 0.15) is 0 Å². The summed E-state index contributed by atoms with van der Waals surface area (Å²) < 4.78 is 10.8. The molecule has 1 N–H and O–H groups in total. The minimum Gasteiger partial charge on any atom is -0.390 e. The molecule has 1 aliphatic heterocycles. The number of rotatable bonds is 6. The number of nitrogens with zero attached hydrogens (tertiary/aromatic N) is 1. The number of aliphatic hydroxyl groups is 1. The molecule has 1 aliphatic rings. The second kappa shape index (κ2) is 6.55. The van der Waals surface area contributed by atoms with Crippen molar-refractivity contribution in [1.29, 1.82) is 0 Å². The van der Waals surface area contributed by atoms with Crippen LogP contribution >= 0.6 is 0 Å². The van der Waals surface area contributed by atoms with E-state index in [0.717, 1.165) is 45.7 Å². The van der Waals surface area contributed by atoms with E-state index in [1.165, 1.54) is 0 Å². The van der Waals surface area contributed by atoms with Crippen LogP contribution in [-0.4, -0.2) is 61.7 Å². The summed E-state index contributed by atoms with van der Waals surface area (Å²) in [5.41, 5.74) is -0.331. The van der Waals surface area contributed by atoms with Gasteiger partial charge in [-0.15, -0.1) is 0 Å². The first-order valence-corrected chi connectivity index (χ1v) is 6.18. The van der Waals surface area contributed by atoms with Gasteiger partial charge in [0.15, 0.2) is 0 Å². The number of likely N-dealkylation sites (tertiary alicyclic amines) is 1. The van der Waals surface area contributed by atoms with Gasteiger partial charge in [-0.25, -0.2) is 0 Å². The van der Waals surface area contributed by atoms with Crippen molar-refractivity contribution < 1.29 is 14.6 Å². The van der Waals surface area contributed by atoms with E-state index in [1.54, 1.807) is 7.11 Å². The van der Waals surface area contributed by atoms with Gasteiger partial charge in [-0.3, -0.25) is 0 Å². The van der Waals surface area contributed by atoms with Gasteiger partial charge in [0.05, 0.1) is 18.3 Å². The molecule has 0 radical (unpaired) electrons. The van der Waals surface area contributed by atoms with Gasteiger partial charge in [-0.05, 0) is 26.7 Å². The quantitative estimate of drug-likeness (QED) is 0.689. The molecule has 1 heterocycles. The zero-order valence-corrected chi connectivity index (χ0v) is 10.7. The van der Waals surface area contributed by atoms with Crippen molar-refractivity contribution in [3.8, 4) is 0 Å². The predicted octanol–water partition coefficient (Wildman–Crippen LogP) is 0.885. The zero-order valence-electron chi connectivity index (χ0n) is 10.7. The maximum absolute atomic E-state index is 9.76. The third-order valence-corrected chi connectivity index (χ3v) is 3.63. The molecule has 1 unspecified atom stereocenters. The summed E-state index contributed by atoms with van der Waals surface area (Å²) in [5, 5.41) is 9.76. The lowest BCUT2D eigenvalue weighted by molar-refractivity contribution is -0.127. The molecular formula is C12H25NO3. The van der Waals surface area contributed by atoms with E-state index in [2.05, 4.69) is 4.90 Å². The highest BCUT2D eigenvalue weighted by atomic mass is 16.5. The van der Waals surface area contributed by atoms with Crippen molar-refractivity contribution in [2.45, 2.75) is 38.4 Å². The summed E-state index contributed by atoms with van der Waals surface area (Å²) in [6, 6.07) is 0. The fourth-order valence-corrected chi connectivity index (χ4v) is 2.29. The maximum atomic E-state index is 9.76. The van der Waals surface area contributed by atoms with Crippen LogP contribution < -0.4 is 0 Å². The first-order valence-electron chi connectivity index (χ1n) is 6.18. The van der Waals surface area contributed by atoms with Gasteiger partial charge in [0.2, 0.25) is 0 Å². The standard InChI is InChI=1S/C12H25NO3/c1-4-16-10-9-13-7-5-12(15-3,6-8-13)11(2)14/h11,14H,4-10H2,1-3H3. The Balaban J connectivity index is 2.32. The third kappa shape index (κ3) is 3.42. The van der Waals surface area contributed by atoms with Crippen molar-refractivity contribution in [1.82, 2.24) is 4.90 Å². The maximum Gasteiger partial charge on any atom is 0.0957 e. The number of ether oxygens (including phenoxy) is 2. The molecule has 1 fully saturated rings. The molecule has 0 spiro atoms. The topological polar surface area (TPSA) is 41.9 Å². The normalized spacial score (nSPS) is 23.2. The molecule has 0 bridgehead atoms. The van der Waals surface area contributed by atoms with Crippen LogP contribution in [0.5, 0.6) is 0 Å². The molecule has 0 aromatic rings. The first-order chi connectivity index (χ1) is 7.64. The van der Waals surface area contributed by atoms with Crippen LogP contribution in [0.3, 0.4) is 0 Å². The lowest BCUT2D eigenvalue weighted by atomic mass is 9.86. The summed E-state index contributed by atoms with van der Waals surface area (Å²) in [4.78, 5) is 2.37. The third-order valence-electron chi connectivity index (χ3n) is 3.63. The lowest BCUT2D eigenvalue weighted by Crippen LogP contribution is -2.52. The van der Waals surface area contributed by atoms with Gasteiger partial charge < -0.3 is 19.5 Å². The minimum atomic E-state index is -0.397. The molecular weight excluding hydrogens is 206 g/mol.